The molecule has 1 atom stereocenters. The summed E-state index contributed by atoms with van der Waals surface area (Å²) >= 11 is 0. The van der Waals surface area contributed by atoms with E-state index < -0.39 is 12.1 Å². The zero-order chi connectivity index (χ0) is 23.8. The molecule has 3 amide bonds. The van der Waals surface area contributed by atoms with Crippen LogP contribution in [0.4, 0.5) is 4.79 Å². The number of hydrogen-bond acceptors (Lipinski definition) is 3. The first kappa shape index (κ1) is 22.9. The van der Waals surface area contributed by atoms with Crippen LogP contribution in [0.25, 0.3) is 10.9 Å². The zero-order valence-electron chi connectivity index (χ0n) is 18.8. The monoisotopic (exact) mass is 456 g/mol. The average Bonchev–Trinajstić information content (AvgIpc) is 3.25. The Kier molecular flexibility index (Phi) is 7.45. The number of nitrogens with one attached hydrogen (secondary N) is 2. The maximum Gasteiger partial charge on any atom is 0.312 e. The summed E-state index contributed by atoms with van der Waals surface area (Å²) in [4.78, 5) is 24.2. The molecule has 174 valence electrons. The van der Waals surface area contributed by atoms with E-state index in [0.29, 0.717) is 18.0 Å². The number of nitrogens with zero attached hydrogens (tertiary/aromatic N) is 1. The van der Waals surface area contributed by atoms with E-state index in [4.69, 9.17) is 10.5 Å². The zero-order valence-corrected chi connectivity index (χ0v) is 18.8. The van der Waals surface area contributed by atoms with Crippen molar-refractivity contribution in [3.8, 4) is 11.5 Å². The molecule has 0 saturated heterocycles. The lowest BCUT2D eigenvalue weighted by Gasteiger charge is -2.19. The number of urea groups is 1. The second-order valence-corrected chi connectivity index (χ2v) is 8.02. The third-order valence-electron chi connectivity index (χ3n) is 5.52. The molecule has 0 aliphatic carbocycles. The van der Waals surface area contributed by atoms with E-state index in [1.54, 1.807) is 6.07 Å². The summed E-state index contributed by atoms with van der Waals surface area (Å²) in [5, 5.41) is 6.81. The van der Waals surface area contributed by atoms with E-state index in [9.17, 15) is 9.59 Å². The van der Waals surface area contributed by atoms with Gasteiger partial charge in [-0.05, 0) is 53.8 Å². The third-order valence-corrected chi connectivity index (χ3v) is 5.52. The van der Waals surface area contributed by atoms with Crippen LogP contribution in [0.15, 0.2) is 91.1 Å². The van der Waals surface area contributed by atoms with Crippen molar-refractivity contribution in [2.45, 2.75) is 25.4 Å². The number of fused-ring (bicyclic) bond motifs is 1. The van der Waals surface area contributed by atoms with Crippen LogP contribution >= 0.6 is 0 Å². The van der Waals surface area contributed by atoms with Gasteiger partial charge in [0.15, 0.2) is 0 Å². The lowest BCUT2D eigenvalue weighted by Crippen LogP contribution is -2.37. The number of nitrogens with two attached hydrogens (primary N) is 1. The number of primary amides is 1. The topological polar surface area (TPSA) is 98.4 Å². The molecule has 0 aliphatic heterocycles. The molecule has 0 bridgehead atoms. The molecule has 0 aliphatic rings. The minimum Gasteiger partial charge on any atom is -0.457 e. The molecule has 1 aromatic heterocycles. The third kappa shape index (κ3) is 6.16. The molecule has 7 heteroatoms. The van der Waals surface area contributed by atoms with Crippen molar-refractivity contribution < 1.29 is 14.3 Å². The predicted molar refractivity (Wildman–Crippen MR) is 133 cm³/mol. The normalized spacial score (nSPS) is 11.6. The lowest BCUT2D eigenvalue weighted by atomic mass is 10.0. The van der Waals surface area contributed by atoms with E-state index >= 15 is 0 Å². The first-order valence-corrected chi connectivity index (χ1v) is 11.3. The van der Waals surface area contributed by atoms with Crippen molar-refractivity contribution >= 4 is 22.8 Å². The smallest absolute Gasteiger partial charge is 0.312 e. The predicted octanol–water partition coefficient (Wildman–Crippen LogP) is 4.74. The first-order valence-electron chi connectivity index (χ1n) is 11.3. The molecule has 0 spiro atoms. The van der Waals surface area contributed by atoms with E-state index in [1.165, 1.54) is 10.9 Å². The molecule has 1 unspecified atom stereocenters. The van der Waals surface area contributed by atoms with Crippen LogP contribution in [0.2, 0.25) is 0 Å². The Balaban J connectivity index is 1.33. The number of aromatic nitrogens is 1. The molecule has 7 nitrogen and oxygen atoms in total. The number of amides is 3. The van der Waals surface area contributed by atoms with Gasteiger partial charge in [0.25, 0.3) is 0 Å². The van der Waals surface area contributed by atoms with E-state index in [0.717, 1.165) is 18.5 Å². The van der Waals surface area contributed by atoms with Crippen molar-refractivity contribution in [1.82, 2.24) is 15.2 Å². The highest BCUT2D eigenvalue weighted by molar-refractivity contribution is 5.80. The SMILES string of the molecule is NC(=O)NC(CC(=O)NCCCn1ccc2ccccc21)c1cccc(Oc2ccccc2)c1. The Labute approximate surface area is 198 Å². The van der Waals surface area contributed by atoms with Gasteiger partial charge in [0.2, 0.25) is 5.91 Å². The summed E-state index contributed by atoms with van der Waals surface area (Å²) in [6.07, 6.45) is 2.92. The van der Waals surface area contributed by atoms with Gasteiger partial charge in [0, 0.05) is 24.8 Å². The fourth-order valence-corrected chi connectivity index (χ4v) is 3.91. The quantitative estimate of drug-likeness (QED) is 0.301. The van der Waals surface area contributed by atoms with Gasteiger partial charge in [-0.15, -0.1) is 0 Å². The van der Waals surface area contributed by atoms with Crippen molar-refractivity contribution in [1.29, 1.82) is 0 Å². The highest BCUT2D eigenvalue weighted by atomic mass is 16.5. The Morgan fingerprint density at radius 2 is 1.68 bits per heavy atom. The van der Waals surface area contributed by atoms with Gasteiger partial charge in [0.05, 0.1) is 12.5 Å². The number of aryl methyl sites for hydroxylation is 1. The molecule has 3 aromatic carbocycles. The second kappa shape index (κ2) is 11.0. The fraction of sp³-hybridized carbons (Fsp3) is 0.185. The van der Waals surface area contributed by atoms with Gasteiger partial charge >= 0.3 is 6.03 Å². The Morgan fingerprint density at radius 3 is 2.50 bits per heavy atom. The largest absolute Gasteiger partial charge is 0.457 e. The number of ether oxygens (including phenoxy) is 1. The molecule has 34 heavy (non-hydrogen) atoms. The highest BCUT2D eigenvalue weighted by Crippen LogP contribution is 2.26. The van der Waals surface area contributed by atoms with Crippen LogP contribution in [-0.4, -0.2) is 23.1 Å². The summed E-state index contributed by atoms with van der Waals surface area (Å²) < 4.78 is 8.06. The van der Waals surface area contributed by atoms with Crippen molar-refractivity contribution in [3.63, 3.8) is 0 Å². The van der Waals surface area contributed by atoms with Gasteiger partial charge < -0.3 is 25.7 Å². The van der Waals surface area contributed by atoms with Crippen molar-refractivity contribution in [2.75, 3.05) is 6.54 Å². The minimum absolute atomic E-state index is 0.0736. The maximum atomic E-state index is 12.6. The number of benzene rings is 3. The minimum atomic E-state index is -0.688. The standard InChI is InChI=1S/C27H28N4O3/c28-27(33)30-24(21-9-6-12-23(18-21)34-22-10-2-1-3-11-22)19-26(32)29-15-7-16-31-17-14-20-8-4-5-13-25(20)31/h1-6,8-14,17-18,24H,7,15-16,19H2,(H,29,32)(H3,28,30,33). The number of carbonyl (C=O) groups excluding carboxylic acids is 2. The molecule has 4 rings (SSSR count). The molecule has 4 aromatic rings. The number of hydrogen-bond donors (Lipinski definition) is 3. The Morgan fingerprint density at radius 1 is 0.912 bits per heavy atom. The Bertz CT molecular complexity index is 1250. The van der Waals surface area contributed by atoms with E-state index in [1.807, 2.05) is 60.7 Å². The van der Waals surface area contributed by atoms with E-state index in [-0.39, 0.29) is 12.3 Å². The fourth-order valence-electron chi connectivity index (χ4n) is 3.91. The van der Waals surface area contributed by atoms with Gasteiger partial charge in [-0.1, -0.05) is 48.5 Å². The number of carbonyl (C=O) groups is 2. The van der Waals surface area contributed by atoms with Crippen LogP contribution in [0.5, 0.6) is 11.5 Å². The number of rotatable bonds is 10. The first-order chi connectivity index (χ1) is 16.6. The molecule has 0 fully saturated rings. The maximum absolute atomic E-state index is 12.6. The van der Waals surface area contributed by atoms with Crippen molar-refractivity contribution in [2.24, 2.45) is 5.73 Å². The molecule has 0 radical (unpaired) electrons. The average molecular weight is 457 g/mol. The van der Waals surface area contributed by atoms with E-state index in [2.05, 4.69) is 39.6 Å². The van der Waals surface area contributed by atoms with Gasteiger partial charge in [-0.25, -0.2) is 4.79 Å². The molecule has 4 N–H and O–H groups in total. The van der Waals surface area contributed by atoms with Crippen LogP contribution < -0.4 is 21.1 Å². The summed E-state index contributed by atoms with van der Waals surface area (Å²) in [5.74, 6) is 1.15. The summed E-state index contributed by atoms with van der Waals surface area (Å²) in [6.45, 7) is 1.33. The second-order valence-electron chi connectivity index (χ2n) is 8.02. The van der Waals surface area contributed by atoms with Gasteiger partial charge in [-0.3, -0.25) is 4.79 Å². The molecular weight excluding hydrogens is 428 g/mol. The van der Waals surface area contributed by atoms with Crippen LogP contribution in [0, 0.1) is 0 Å². The summed E-state index contributed by atoms with van der Waals surface area (Å²) in [7, 11) is 0. The van der Waals surface area contributed by atoms with Crippen molar-refractivity contribution in [3.05, 3.63) is 96.7 Å². The van der Waals surface area contributed by atoms with Crippen LogP contribution in [-0.2, 0) is 11.3 Å². The lowest BCUT2D eigenvalue weighted by molar-refractivity contribution is -0.121. The molecule has 0 saturated carbocycles. The van der Waals surface area contributed by atoms with Gasteiger partial charge in [0.1, 0.15) is 11.5 Å². The highest BCUT2D eigenvalue weighted by Gasteiger charge is 2.18. The van der Waals surface area contributed by atoms with Crippen LogP contribution in [0.3, 0.4) is 0 Å². The molecule has 1 heterocycles. The number of para-hydroxylation sites is 2. The summed E-state index contributed by atoms with van der Waals surface area (Å²) in [6, 6.07) is 25.7. The Hall–Kier alpha value is -4.26. The van der Waals surface area contributed by atoms with Crippen LogP contribution in [0.1, 0.15) is 24.4 Å². The van der Waals surface area contributed by atoms with Gasteiger partial charge in [-0.2, -0.15) is 0 Å². The summed E-state index contributed by atoms with van der Waals surface area (Å²) in [5.41, 5.74) is 7.29. The molecular formula is C27H28N4O3.